The molecule has 2 N–H and O–H groups in total. The SMILES string of the molecule is NC(=O)c1ncc2c(n1)CN(S(=O)(=O)c1c(Cl)cccc1Cl)CC2. The first-order valence-electron chi connectivity index (χ1n) is 6.89. The number of hydrogen-bond donors (Lipinski definition) is 1. The Hall–Kier alpha value is -1.74. The van der Waals surface area contributed by atoms with Gasteiger partial charge in [0.1, 0.15) is 4.90 Å². The second-order valence-electron chi connectivity index (χ2n) is 5.17. The molecule has 1 aliphatic heterocycles. The molecular formula is C14H12Cl2N4O3S. The van der Waals surface area contributed by atoms with Gasteiger partial charge in [0.25, 0.3) is 5.91 Å². The molecule has 10 heteroatoms. The Balaban J connectivity index is 2.00. The monoisotopic (exact) mass is 386 g/mol. The summed E-state index contributed by atoms with van der Waals surface area (Å²) in [5, 5.41) is 0.0996. The second-order valence-corrected chi connectivity index (χ2v) is 7.86. The minimum Gasteiger partial charge on any atom is -0.363 e. The summed E-state index contributed by atoms with van der Waals surface area (Å²) in [6.07, 6.45) is 1.91. The topological polar surface area (TPSA) is 106 Å². The molecule has 1 aromatic heterocycles. The molecule has 0 unspecified atom stereocenters. The van der Waals surface area contributed by atoms with Gasteiger partial charge >= 0.3 is 0 Å². The van der Waals surface area contributed by atoms with E-state index in [1.54, 1.807) is 6.07 Å². The fraction of sp³-hybridized carbons (Fsp3) is 0.214. The molecule has 126 valence electrons. The van der Waals surface area contributed by atoms with Crippen LogP contribution >= 0.6 is 23.2 Å². The van der Waals surface area contributed by atoms with E-state index >= 15 is 0 Å². The highest BCUT2D eigenvalue weighted by molar-refractivity contribution is 7.89. The summed E-state index contributed by atoms with van der Waals surface area (Å²) < 4.78 is 27.0. The highest BCUT2D eigenvalue weighted by Crippen LogP contribution is 2.33. The summed E-state index contributed by atoms with van der Waals surface area (Å²) >= 11 is 12.0. The Morgan fingerprint density at radius 3 is 2.54 bits per heavy atom. The number of fused-ring (bicyclic) bond motifs is 1. The van der Waals surface area contributed by atoms with E-state index in [-0.39, 0.29) is 33.9 Å². The van der Waals surface area contributed by atoms with Crippen molar-refractivity contribution in [2.24, 2.45) is 5.73 Å². The normalized spacial score (nSPS) is 15.1. The molecular weight excluding hydrogens is 375 g/mol. The molecule has 1 amide bonds. The number of rotatable bonds is 3. The third-order valence-corrected chi connectivity index (χ3v) is 6.45. The Bertz CT molecular complexity index is 913. The van der Waals surface area contributed by atoms with Gasteiger partial charge in [0.2, 0.25) is 15.8 Å². The third kappa shape index (κ3) is 2.98. The molecule has 1 aromatic carbocycles. The van der Waals surface area contributed by atoms with Crippen LogP contribution in [0.25, 0.3) is 0 Å². The number of nitrogens with zero attached hydrogens (tertiary/aromatic N) is 3. The predicted molar refractivity (Wildman–Crippen MR) is 88.3 cm³/mol. The summed E-state index contributed by atoms with van der Waals surface area (Å²) in [6, 6.07) is 4.50. The fourth-order valence-corrected chi connectivity index (χ4v) is 4.95. The lowest BCUT2D eigenvalue weighted by atomic mass is 10.1. The summed E-state index contributed by atoms with van der Waals surface area (Å²) in [4.78, 5) is 19.0. The van der Waals surface area contributed by atoms with Crippen LogP contribution in [0, 0.1) is 0 Å². The summed E-state index contributed by atoms with van der Waals surface area (Å²) in [7, 11) is -3.91. The first-order chi connectivity index (χ1) is 11.3. The quantitative estimate of drug-likeness (QED) is 0.862. The Labute approximate surface area is 148 Å². The van der Waals surface area contributed by atoms with E-state index in [4.69, 9.17) is 28.9 Å². The van der Waals surface area contributed by atoms with Crippen LogP contribution in [0.4, 0.5) is 0 Å². The van der Waals surface area contributed by atoms with Crippen molar-refractivity contribution in [1.29, 1.82) is 0 Å². The van der Waals surface area contributed by atoms with Crippen molar-refractivity contribution in [3.8, 4) is 0 Å². The lowest BCUT2D eigenvalue weighted by Crippen LogP contribution is -2.37. The summed E-state index contributed by atoms with van der Waals surface area (Å²) in [5.74, 6) is -0.921. The number of primary amides is 1. The molecule has 0 saturated heterocycles. The predicted octanol–water partition coefficient (Wildman–Crippen LogP) is 1.63. The van der Waals surface area contributed by atoms with E-state index in [9.17, 15) is 13.2 Å². The molecule has 2 aromatic rings. The van der Waals surface area contributed by atoms with Crippen molar-refractivity contribution in [2.75, 3.05) is 6.54 Å². The van der Waals surface area contributed by atoms with Gasteiger partial charge in [0.15, 0.2) is 0 Å². The molecule has 7 nitrogen and oxygen atoms in total. The van der Waals surface area contributed by atoms with E-state index in [1.165, 1.54) is 22.6 Å². The number of sulfonamides is 1. The zero-order chi connectivity index (χ0) is 17.5. The number of benzene rings is 1. The first kappa shape index (κ1) is 17.1. The third-order valence-electron chi connectivity index (χ3n) is 3.65. The second kappa shape index (κ2) is 6.29. The summed E-state index contributed by atoms with van der Waals surface area (Å²) in [6.45, 7) is 0.220. The van der Waals surface area contributed by atoms with Gasteiger partial charge in [0, 0.05) is 12.7 Å². The molecule has 1 aliphatic rings. The van der Waals surface area contributed by atoms with Crippen LogP contribution in [0.15, 0.2) is 29.3 Å². The van der Waals surface area contributed by atoms with Gasteiger partial charge in [-0.3, -0.25) is 4.79 Å². The minimum atomic E-state index is -3.91. The maximum absolute atomic E-state index is 12.9. The number of nitrogens with two attached hydrogens (primary N) is 1. The van der Waals surface area contributed by atoms with Crippen LogP contribution in [0.1, 0.15) is 21.9 Å². The van der Waals surface area contributed by atoms with Crippen molar-refractivity contribution in [3.05, 3.63) is 51.5 Å². The zero-order valence-corrected chi connectivity index (χ0v) is 14.6. The van der Waals surface area contributed by atoms with E-state index in [0.29, 0.717) is 12.1 Å². The number of aromatic nitrogens is 2. The van der Waals surface area contributed by atoms with Crippen LogP contribution < -0.4 is 5.73 Å². The Kier molecular flexibility index (Phi) is 4.48. The van der Waals surface area contributed by atoms with Gasteiger partial charge < -0.3 is 5.73 Å². The van der Waals surface area contributed by atoms with Crippen LogP contribution in [0.3, 0.4) is 0 Å². The van der Waals surface area contributed by atoms with Crippen LogP contribution in [-0.4, -0.2) is 35.1 Å². The van der Waals surface area contributed by atoms with Gasteiger partial charge in [0.05, 0.1) is 22.3 Å². The van der Waals surface area contributed by atoms with E-state index in [1.807, 2.05) is 0 Å². The molecule has 2 heterocycles. The van der Waals surface area contributed by atoms with E-state index in [0.717, 1.165) is 5.56 Å². The summed E-state index contributed by atoms with van der Waals surface area (Å²) in [5.41, 5.74) is 6.38. The molecule has 0 fully saturated rings. The van der Waals surface area contributed by atoms with Crippen molar-refractivity contribution in [1.82, 2.24) is 14.3 Å². The fourth-order valence-electron chi connectivity index (χ4n) is 2.46. The number of halogens is 2. The highest BCUT2D eigenvalue weighted by Gasteiger charge is 2.32. The molecule has 0 bridgehead atoms. The zero-order valence-electron chi connectivity index (χ0n) is 12.2. The van der Waals surface area contributed by atoms with Gasteiger partial charge in [-0.15, -0.1) is 0 Å². The van der Waals surface area contributed by atoms with Gasteiger partial charge in [-0.25, -0.2) is 18.4 Å². The van der Waals surface area contributed by atoms with Crippen molar-refractivity contribution in [3.63, 3.8) is 0 Å². The molecule has 0 spiro atoms. The first-order valence-corrected chi connectivity index (χ1v) is 9.09. The maximum Gasteiger partial charge on any atom is 0.286 e. The lowest BCUT2D eigenvalue weighted by Gasteiger charge is -2.27. The largest absolute Gasteiger partial charge is 0.363 e. The lowest BCUT2D eigenvalue weighted by molar-refractivity contribution is 0.0990. The molecule has 3 rings (SSSR count). The molecule has 0 atom stereocenters. The molecule has 24 heavy (non-hydrogen) atoms. The highest BCUT2D eigenvalue weighted by atomic mass is 35.5. The van der Waals surface area contributed by atoms with Crippen LogP contribution in [0.5, 0.6) is 0 Å². The Morgan fingerprint density at radius 1 is 1.25 bits per heavy atom. The van der Waals surface area contributed by atoms with Gasteiger partial charge in [-0.2, -0.15) is 4.31 Å². The van der Waals surface area contributed by atoms with E-state index < -0.39 is 15.9 Å². The minimum absolute atomic E-state index is 0.0119. The molecule has 0 aliphatic carbocycles. The number of amides is 1. The van der Waals surface area contributed by atoms with Crippen LogP contribution in [0.2, 0.25) is 10.0 Å². The standard InChI is InChI=1S/C14H12Cl2N4O3S/c15-9-2-1-3-10(16)12(9)24(22,23)20-5-4-8-6-18-14(13(17)21)19-11(8)7-20/h1-3,6H,4-5,7H2,(H2,17,21). The van der Waals surface area contributed by atoms with Crippen LogP contribution in [-0.2, 0) is 23.0 Å². The Morgan fingerprint density at radius 2 is 1.92 bits per heavy atom. The average Bonchev–Trinajstić information content (AvgIpc) is 2.53. The van der Waals surface area contributed by atoms with Gasteiger partial charge in [-0.1, -0.05) is 29.3 Å². The van der Waals surface area contributed by atoms with Gasteiger partial charge in [-0.05, 0) is 24.1 Å². The van der Waals surface area contributed by atoms with Crippen molar-refractivity contribution < 1.29 is 13.2 Å². The van der Waals surface area contributed by atoms with Crippen molar-refractivity contribution in [2.45, 2.75) is 17.9 Å². The van der Waals surface area contributed by atoms with E-state index in [2.05, 4.69) is 9.97 Å². The number of carbonyl (C=O) groups is 1. The maximum atomic E-state index is 12.9. The number of hydrogen-bond acceptors (Lipinski definition) is 5. The number of carbonyl (C=O) groups excluding carboxylic acids is 1. The molecule has 0 saturated carbocycles. The average molecular weight is 387 g/mol. The van der Waals surface area contributed by atoms with Crippen molar-refractivity contribution >= 4 is 39.1 Å². The smallest absolute Gasteiger partial charge is 0.286 e. The molecule has 0 radical (unpaired) electrons.